The highest BCUT2D eigenvalue weighted by Crippen LogP contribution is 2.04. The summed E-state index contributed by atoms with van der Waals surface area (Å²) in [4.78, 5) is 6.81. The third-order valence-corrected chi connectivity index (χ3v) is 2.85. The summed E-state index contributed by atoms with van der Waals surface area (Å²) in [5, 5.41) is 3.15. The second-order valence-corrected chi connectivity index (χ2v) is 4.30. The van der Waals surface area contributed by atoms with Gasteiger partial charge >= 0.3 is 0 Å². The summed E-state index contributed by atoms with van der Waals surface area (Å²) in [6.45, 7) is 8.21. The number of para-hydroxylation sites is 1. The number of rotatable bonds is 7. The summed E-state index contributed by atoms with van der Waals surface area (Å²) >= 11 is 0. The molecule has 0 spiro atoms. The third-order valence-electron chi connectivity index (χ3n) is 2.85. The molecule has 5 nitrogen and oxygen atoms in total. The van der Waals surface area contributed by atoms with Crippen molar-refractivity contribution >= 4 is 11.6 Å². The van der Waals surface area contributed by atoms with Crippen LogP contribution in [0.3, 0.4) is 0 Å². The van der Waals surface area contributed by atoms with Crippen molar-refractivity contribution in [2.75, 3.05) is 31.5 Å². The van der Waals surface area contributed by atoms with E-state index < -0.39 is 0 Å². The molecule has 0 fully saturated rings. The van der Waals surface area contributed by atoms with Crippen molar-refractivity contribution in [3.05, 3.63) is 30.3 Å². The van der Waals surface area contributed by atoms with Gasteiger partial charge in [-0.2, -0.15) is 0 Å². The number of hydrazine groups is 1. The molecular weight excluding hydrogens is 238 g/mol. The number of benzene rings is 1. The minimum Gasteiger partial charge on any atom is -0.325 e. The normalized spacial score (nSPS) is 11.7. The van der Waals surface area contributed by atoms with Crippen LogP contribution in [0.5, 0.6) is 0 Å². The van der Waals surface area contributed by atoms with Crippen molar-refractivity contribution in [2.24, 2.45) is 10.8 Å². The maximum absolute atomic E-state index is 5.47. The molecule has 4 N–H and O–H groups in total. The van der Waals surface area contributed by atoms with E-state index in [4.69, 9.17) is 5.84 Å². The first-order valence-electron chi connectivity index (χ1n) is 6.85. The van der Waals surface area contributed by atoms with Crippen LogP contribution in [-0.4, -0.2) is 37.0 Å². The highest BCUT2D eigenvalue weighted by molar-refractivity contribution is 5.93. The molecule has 0 unspecified atom stereocenters. The van der Waals surface area contributed by atoms with Gasteiger partial charge in [-0.25, -0.2) is 5.84 Å². The number of anilines is 1. The smallest absolute Gasteiger partial charge is 0.210 e. The van der Waals surface area contributed by atoms with Crippen molar-refractivity contribution in [3.8, 4) is 0 Å². The van der Waals surface area contributed by atoms with Crippen molar-refractivity contribution in [1.82, 2.24) is 10.3 Å². The Morgan fingerprint density at radius 1 is 1.21 bits per heavy atom. The molecule has 1 aromatic carbocycles. The van der Waals surface area contributed by atoms with E-state index in [1.54, 1.807) is 0 Å². The predicted octanol–water partition coefficient (Wildman–Crippen LogP) is 1.65. The molecular formula is C14H25N5. The van der Waals surface area contributed by atoms with Gasteiger partial charge in [0.25, 0.3) is 0 Å². The molecule has 19 heavy (non-hydrogen) atoms. The molecule has 0 aliphatic rings. The molecule has 0 aliphatic carbocycles. The average molecular weight is 263 g/mol. The van der Waals surface area contributed by atoms with Crippen molar-refractivity contribution in [3.63, 3.8) is 0 Å². The molecule has 106 valence electrons. The molecule has 0 amide bonds. The fraction of sp³-hybridized carbons (Fsp3) is 0.500. The zero-order valence-electron chi connectivity index (χ0n) is 11.9. The van der Waals surface area contributed by atoms with Crippen molar-refractivity contribution in [1.29, 1.82) is 0 Å². The molecule has 1 rings (SSSR count). The van der Waals surface area contributed by atoms with Gasteiger partial charge in [0.05, 0.1) is 6.54 Å². The maximum Gasteiger partial charge on any atom is 0.210 e. The summed E-state index contributed by atoms with van der Waals surface area (Å²) in [7, 11) is 0. The quantitative estimate of drug-likeness (QED) is 0.303. The van der Waals surface area contributed by atoms with Gasteiger partial charge < -0.3 is 10.2 Å². The Labute approximate surface area is 115 Å². The largest absolute Gasteiger partial charge is 0.325 e. The van der Waals surface area contributed by atoms with Crippen LogP contribution in [0.15, 0.2) is 35.3 Å². The molecule has 0 bridgehead atoms. The molecule has 0 aromatic heterocycles. The SMILES string of the molecule is CCCN(CC)CCN=C(NN)Nc1ccccc1. The van der Waals surface area contributed by atoms with Crippen LogP contribution in [0.2, 0.25) is 0 Å². The van der Waals surface area contributed by atoms with E-state index in [2.05, 4.69) is 34.5 Å². The van der Waals surface area contributed by atoms with Gasteiger partial charge in [0, 0.05) is 12.2 Å². The van der Waals surface area contributed by atoms with Crippen LogP contribution in [-0.2, 0) is 0 Å². The monoisotopic (exact) mass is 263 g/mol. The van der Waals surface area contributed by atoms with Crippen LogP contribution < -0.4 is 16.6 Å². The predicted molar refractivity (Wildman–Crippen MR) is 82.1 cm³/mol. The summed E-state index contributed by atoms with van der Waals surface area (Å²) in [5.41, 5.74) is 3.57. The Balaban J connectivity index is 2.44. The topological polar surface area (TPSA) is 65.7 Å². The lowest BCUT2D eigenvalue weighted by Gasteiger charge is -2.18. The maximum atomic E-state index is 5.47. The summed E-state index contributed by atoms with van der Waals surface area (Å²) in [5.74, 6) is 6.07. The number of likely N-dealkylation sites (N-methyl/N-ethyl adjacent to an activating group) is 1. The Kier molecular flexibility index (Phi) is 7.62. The zero-order valence-corrected chi connectivity index (χ0v) is 11.9. The van der Waals surface area contributed by atoms with Gasteiger partial charge in [-0.05, 0) is 31.6 Å². The number of hydrogen-bond acceptors (Lipinski definition) is 3. The third kappa shape index (κ3) is 6.22. The van der Waals surface area contributed by atoms with Gasteiger partial charge in [0.15, 0.2) is 0 Å². The fourth-order valence-corrected chi connectivity index (χ4v) is 1.83. The minimum atomic E-state index is 0.596. The number of nitrogens with two attached hydrogens (primary N) is 1. The van der Waals surface area contributed by atoms with Gasteiger partial charge in [0.2, 0.25) is 5.96 Å². The van der Waals surface area contributed by atoms with Crippen LogP contribution >= 0.6 is 0 Å². The number of nitrogens with one attached hydrogen (secondary N) is 2. The van der Waals surface area contributed by atoms with Gasteiger partial charge in [-0.3, -0.25) is 10.4 Å². The highest BCUT2D eigenvalue weighted by atomic mass is 15.3. The van der Waals surface area contributed by atoms with E-state index >= 15 is 0 Å². The Morgan fingerprint density at radius 3 is 2.53 bits per heavy atom. The van der Waals surface area contributed by atoms with Crippen LogP contribution in [0.4, 0.5) is 5.69 Å². The average Bonchev–Trinajstić information content (AvgIpc) is 2.46. The first-order valence-corrected chi connectivity index (χ1v) is 6.85. The molecule has 0 heterocycles. The molecule has 0 saturated carbocycles. The first kappa shape index (κ1) is 15.5. The summed E-state index contributed by atoms with van der Waals surface area (Å²) < 4.78 is 0. The van der Waals surface area contributed by atoms with E-state index in [-0.39, 0.29) is 0 Å². The lowest BCUT2D eigenvalue weighted by molar-refractivity contribution is 0.297. The van der Waals surface area contributed by atoms with E-state index in [0.29, 0.717) is 5.96 Å². The second-order valence-electron chi connectivity index (χ2n) is 4.30. The molecule has 0 aliphatic heterocycles. The van der Waals surface area contributed by atoms with E-state index in [9.17, 15) is 0 Å². The Hall–Kier alpha value is -1.59. The minimum absolute atomic E-state index is 0.596. The van der Waals surface area contributed by atoms with Crippen molar-refractivity contribution in [2.45, 2.75) is 20.3 Å². The summed E-state index contributed by atoms with van der Waals surface area (Å²) in [6, 6.07) is 9.86. The Morgan fingerprint density at radius 2 is 1.95 bits per heavy atom. The van der Waals surface area contributed by atoms with Gasteiger partial charge in [-0.1, -0.05) is 32.0 Å². The number of hydrogen-bond donors (Lipinski definition) is 3. The number of guanidine groups is 1. The first-order chi connectivity index (χ1) is 9.30. The van der Waals surface area contributed by atoms with Gasteiger partial charge in [-0.15, -0.1) is 0 Å². The summed E-state index contributed by atoms with van der Waals surface area (Å²) in [6.07, 6.45) is 1.17. The van der Waals surface area contributed by atoms with E-state index in [1.165, 1.54) is 6.42 Å². The fourth-order valence-electron chi connectivity index (χ4n) is 1.83. The molecule has 5 heteroatoms. The van der Waals surface area contributed by atoms with Crippen LogP contribution in [0.1, 0.15) is 20.3 Å². The molecule has 0 atom stereocenters. The second kappa shape index (κ2) is 9.35. The highest BCUT2D eigenvalue weighted by Gasteiger charge is 2.01. The van der Waals surface area contributed by atoms with Crippen LogP contribution in [0.25, 0.3) is 0 Å². The lowest BCUT2D eigenvalue weighted by atomic mass is 10.3. The van der Waals surface area contributed by atoms with Crippen molar-refractivity contribution < 1.29 is 0 Å². The number of nitrogens with zero attached hydrogens (tertiary/aromatic N) is 2. The number of aliphatic imine (C=N–C) groups is 1. The molecule has 1 aromatic rings. The zero-order chi connectivity index (χ0) is 13.9. The van der Waals surface area contributed by atoms with Crippen LogP contribution in [0, 0.1) is 0 Å². The lowest BCUT2D eigenvalue weighted by Crippen LogP contribution is -2.37. The molecule has 0 radical (unpaired) electrons. The van der Waals surface area contributed by atoms with Gasteiger partial charge in [0.1, 0.15) is 0 Å². The Bertz CT molecular complexity index is 363. The molecule has 0 saturated heterocycles. The van der Waals surface area contributed by atoms with E-state index in [0.717, 1.165) is 31.9 Å². The van der Waals surface area contributed by atoms with E-state index in [1.807, 2.05) is 30.3 Å². The standard InChI is InChI=1S/C14H25N5/c1-3-11-19(4-2)12-10-16-14(18-15)17-13-8-6-5-7-9-13/h5-9H,3-4,10-12,15H2,1-2H3,(H2,16,17,18).